The van der Waals surface area contributed by atoms with Crippen molar-refractivity contribution in [3.8, 4) is 0 Å². The van der Waals surface area contributed by atoms with Crippen LogP contribution in [-0.4, -0.2) is 75.4 Å². The Morgan fingerprint density at radius 3 is 0.798 bits per heavy atom. The molecule has 0 bridgehead atoms. The number of benzene rings is 5. The molecule has 0 aromatic heterocycles. The van der Waals surface area contributed by atoms with Gasteiger partial charge in [-0.15, -0.1) is 0 Å². The zero-order valence-corrected chi connectivity index (χ0v) is 58.8. The van der Waals surface area contributed by atoms with Crippen LogP contribution in [0.5, 0.6) is 0 Å². The zero-order valence-electron chi connectivity index (χ0n) is 47.3. The van der Waals surface area contributed by atoms with Crippen LogP contribution < -0.4 is 106 Å². The van der Waals surface area contributed by atoms with Crippen molar-refractivity contribution in [2.75, 3.05) is 20.0 Å². The van der Waals surface area contributed by atoms with E-state index < -0.39 is 80.4 Å². The van der Waals surface area contributed by atoms with Crippen LogP contribution in [-0.2, 0) is 0 Å². The maximum Gasteiger partial charge on any atom is 1.00 e. The molecule has 5 aromatic rings. The van der Waals surface area contributed by atoms with Crippen molar-refractivity contribution in [1.29, 1.82) is 0 Å². The fourth-order valence-corrected chi connectivity index (χ4v) is 9.27. The third-order valence-corrected chi connectivity index (χ3v) is 14.1. The van der Waals surface area contributed by atoms with Crippen molar-refractivity contribution in [2.45, 2.75) is 141 Å². The summed E-state index contributed by atoms with van der Waals surface area (Å²) >= 11 is 12.7. The van der Waals surface area contributed by atoms with Crippen molar-refractivity contribution in [2.24, 2.45) is 0 Å². The third kappa shape index (κ3) is 32.2. The number of carboxylic acids is 5. The first-order valence-electron chi connectivity index (χ1n) is 26.3. The summed E-state index contributed by atoms with van der Waals surface area (Å²) in [6.45, 7) is 2.76. The summed E-state index contributed by atoms with van der Waals surface area (Å²) in [5.74, 6) is -6.48. The molecular formula is C60H68Br4F3KNaO15-3. The molecule has 5 N–H and O–H groups in total. The van der Waals surface area contributed by atoms with Gasteiger partial charge in [0.05, 0.1) is 80.4 Å². The van der Waals surface area contributed by atoms with E-state index in [1.54, 1.807) is 48.5 Å². The first-order chi connectivity index (χ1) is 38.9. The number of carbonyl (C=O) groups is 5. The molecule has 0 aliphatic carbocycles. The smallest absolute Gasteiger partial charge is 0.545 e. The van der Waals surface area contributed by atoms with Crippen LogP contribution in [0.2, 0.25) is 0 Å². The molecule has 0 amide bonds. The minimum absolute atomic E-state index is 0. The summed E-state index contributed by atoms with van der Waals surface area (Å²) in [4.78, 5) is 54.4. The van der Waals surface area contributed by atoms with E-state index in [4.69, 9.17) is 0 Å². The molecule has 0 aliphatic heterocycles. The zero-order chi connectivity index (χ0) is 61.9. The van der Waals surface area contributed by atoms with Crippen molar-refractivity contribution in [3.63, 3.8) is 0 Å². The van der Waals surface area contributed by atoms with Gasteiger partial charge in [0.1, 0.15) is 0 Å². The summed E-state index contributed by atoms with van der Waals surface area (Å²) in [7, 11) is 0. The van der Waals surface area contributed by atoms with Crippen LogP contribution in [0, 0.1) is 0 Å². The Kier molecular flexibility index (Phi) is 47.4. The Labute approximate surface area is 587 Å². The minimum atomic E-state index is -1.33. The SMILES string of the molecule is CCCCC(O)c1ccc(Br)cc1C(=O)[O-].CCCCC(O)c1ccccc1C(=O)[O-].O=C([O-])c1cc(Br)ccc1C(O)CCCCF.O=C([O-])c1cc(Br)ccc1C(O)CCCCF.O=C([O-])c1cc(Br)ccc1C(O)CCCCF.[K+].[Na+]. The Morgan fingerprint density at radius 1 is 0.369 bits per heavy atom. The van der Waals surface area contributed by atoms with Gasteiger partial charge in [0.15, 0.2) is 0 Å². The first-order valence-corrected chi connectivity index (χ1v) is 29.5. The molecule has 84 heavy (non-hydrogen) atoms. The van der Waals surface area contributed by atoms with Gasteiger partial charge in [-0.05, 0) is 147 Å². The van der Waals surface area contributed by atoms with Crippen LogP contribution in [0.1, 0.15) is 220 Å². The number of unbranched alkanes of at least 4 members (excludes halogenated alkanes) is 5. The molecule has 0 heterocycles. The maximum absolute atomic E-state index is 11.9. The molecule has 0 saturated carbocycles. The second kappa shape index (κ2) is 47.6. The van der Waals surface area contributed by atoms with Gasteiger partial charge < -0.3 is 75.0 Å². The Morgan fingerprint density at radius 2 is 0.583 bits per heavy atom. The summed E-state index contributed by atoms with van der Waals surface area (Å²) in [5, 5.41) is 104. The molecular weight excluding hydrogens is 1400 g/mol. The third-order valence-electron chi connectivity index (χ3n) is 12.2. The van der Waals surface area contributed by atoms with Crippen LogP contribution in [0.4, 0.5) is 13.2 Å². The minimum Gasteiger partial charge on any atom is -0.545 e. The molecule has 0 aliphatic rings. The van der Waals surface area contributed by atoms with Gasteiger partial charge in [0.2, 0.25) is 0 Å². The summed E-state index contributed by atoms with van der Waals surface area (Å²) in [5.41, 5.74) is 1.85. The molecule has 0 saturated heterocycles. The van der Waals surface area contributed by atoms with Crippen molar-refractivity contribution in [3.05, 3.63) is 171 Å². The van der Waals surface area contributed by atoms with Crippen LogP contribution in [0.3, 0.4) is 0 Å². The quantitative estimate of drug-likeness (QED) is 0.0355. The predicted octanol–water partition coefficient (Wildman–Crippen LogP) is 3.28. The van der Waals surface area contributed by atoms with Crippen LogP contribution in [0.15, 0.2) is 115 Å². The van der Waals surface area contributed by atoms with E-state index in [1.807, 2.05) is 13.8 Å². The fourth-order valence-electron chi connectivity index (χ4n) is 7.83. The number of hydrogen-bond donors (Lipinski definition) is 5. The van der Waals surface area contributed by atoms with Gasteiger partial charge in [-0.25, -0.2) is 0 Å². The van der Waals surface area contributed by atoms with Crippen molar-refractivity contribution in [1.82, 2.24) is 0 Å². The number of aliphatic hydroxyl groups is 5. The Hall–Kier alpha value is -2.40. The average molecular weight is 1470 g/mol. The monoisotopic (exact) mass is 1460 g/mol. The number of carboxylic acid groups (broad SMARTS) is 5. The Balaban J connectivity index is 0. The Bertz CT molecular complexity index is 2590. The number of aromatic carboxylic acids is 5. The average Bonchev–Trinajstić information content (AvgIpc) is 3.62. The van der Waals surface area contributed by atoms with E-state index in [1.165, 1.54) is 48.5 Å². The summed E-state index contributed by atoms with van der Waals surface area (Å²) in [6.07, 6.45) is 4.36. The van der Waals surface area contributed by atoms with Gasteiger partial charge in [0, 0.05) is 45.7 Å². The van der Waals surface area contributed by atoms with E-state index in [0.29, 0.717) is 116 Å². The van der Waals surface area contributed by atoms with Gasteiger partial charge >= 0.3 is 80.9 Å². The molecule has 0 spiro atoms. The second-order valence-corrected chi connectivity index (χ2v) is 22.0. The van der Waals surface area contributed by atoms with Gasteiger partial charge in [-0.1, -0.05) is 152 Å². The number of alkyl halides is 3. The van der Waals surface area contributed by atoms with Crippen LogP contribution in [0.25, 0.3) is 0 Å². The van der Waals surface area contributed by atoms with Gasteiger partial charge in [-0.3, -0.25) is 13.2 Å². The largest absolute Gasteiger partial charge is 1.00 e. The van der Waals surface area contributed by atoms with E-state index in [-0.39, 0.29) is 109 Å². The molecule has 5 unspecified atom stereocenters. The molecule has 0 fully saturated rings. The van der Waals surface area contributed by atoms with Crippen LogP contribution >= 0.6 is 63.7 Å². The number of halogens is 7. The van der Waals surface area contributed by atoms with Crippen molar-refractivity contribution >= 4 is 93.6 Å². The number of aliphatic hydroxyl groups excluding tert-OH is 5. The van der Waals surface area contributed by atoms with E-state index >= 15 is 0 Å². The number of carbonyl (C=O) groups excluding carboxylic acids is 5. The predicted molar refractivity (Wildman–Crippen MR) is 308 cm³/mol. The second-order valence-electron chi connectivity index (χ2n) is 18.4. The molecule has 5 aromatic carbocycles. The molecule has 452 valence electrons. The summed E-state index contributed by atoms with van der Waals surface area (Å²) in [6, 6.07) is 25.0. The standard InChI is InChI=1S/3C12H14BrFO3.C12H15BrO3.C12H16O3.K.Na/c3*13-8-4-5-9(10(7-8)12(16)17)11(15)3-1-2-6-14;1-2-3-4-11(14)9-6-5-8(13)7-10(9)12(15)16;1-2-3-8-11(13)9-6-4-5-7-10(9)12(14)15;;/h3*4-5,7,11,15H,1-3,6H2,(H,16,17);5-7,11,14H,2-4H2,1H3,(H,15,16);4-7,11,13H,2-3,8H2,1H3,(H,14,15);;/q;;;;;2*+1/p-5. The van der Waals surface area contributed by atoms with Gasteiger partial charge in [-0.2, -0.15) is 0 Å². The normalized spacial score (nSPS) is 12.1. The first kappa shape index (κ1) is 83.7. The molecule has 15 nitrogen and oxygen atoms in total. The maximum atomic E-state index is 11.9. The molecule has 5 rings (SSSR count). The van der Waals surface area contributed by atoms with Crippen molar-refractivity contribution < 1.29 is 169 Å². The van der Waals surface area contributed by atoms with E-state index in [0.717, 1.165) is 25.7 Å². The van der Waals surface area contributed by atoms with Gasteiger partial charge in [0.25, 0.3) is 0 Å². The number of rotatable bonds is 28. The van der Waals surface area contributed by atoms with E-state index in [2.05, 4.69) is 63.7 Å². The topological polar surface area (TPSA) is 302 Å². The molecule has 0 radical (unpaired) electrons. The number of hydrogen-bond acceptors (Lipinski definition) is 15. The fraction of sp³-hybridized carbons (Fsp3) is 0.417. The van der Waals surface area contributed by atoms with E-state index in [9.17, 15) is 88.2 Å². The summed E-state index contributed by atoms with van der Waals surface area (Å²) < 4.78 is 38.2. The molecule has 24 heteroatoms. The molecule has 5 atom stereocenters.